The Kier molecular flexibility index (Phi) is 3.36. The Morgan fingerprint density at radius 3 is 2.65 bits per heavy atom. The average molecular weight is 287 g/mol. The molecule has 2 aromatic carbocycles. The van der Waals surface area contributed by atoms with E-state index in [1.54, 1.807) is 6.07 Å². The van der Waals surface area contributed by atoms with Crippen LogP contribution in [0.5, 0.6) is 0 Å². The van der Waals surface area contributed by atoms with Gasteiger partial charge in [0.15, 0.2) is 0 Å². The van der Waals surface area contributed by atoms with Gasteiger partial charge in [-0.05, 0) is 23.8 Å². The molecule has 0 amide bonds. The SMILES string of the molecule is NNC(c1ccc(Cl)cc1N)c1c[nH]c2ccccc12. The summed E-state index contributed by atoms with van der Waals surface area (Å²) in [6, 6.07) is 13.3. The lowest BCUT2D eigenvalue weighted by Gasteiger charge is -2.18. The molecule has 1 aromatic heterocycles. The van der Waals surface area contributed by atoms with Crippen LogP contribution in [-0.4, -0.2) is 4.98 Å². The first-order valence-electron chi connectivity index (χ1n) is 6.28. The largest absolute Gasteiger partial charge is 0.398 e. The van der Waals surface area contributed by atoms with Crippen molar-refractivity contribution in [1.29, 1.82) is 0 Å². The molecular weight excluding hydrogens is 272 g/mol. The van der Waals surface area contributed by atoms with Gasteiger partial charge in [-0.25, -0.2) is 5.43 Å². The number of nitrogens with one attached hydrogen (secondary N) is 2. The molecule has 0 spiro atoms. The molecule has 1 atom stereocenters. The van der Waals surface area contributed by atoms with Crippen LogP contribution in [0.25, 0.3) is 10.9 Å². The topological polar surface area (TPSA) is 79.9 Å². The molecule has 3 aromatic rings. The molecule has 0 aliphatic carbocycles. The number of H-pyrrole nitrogens is 1. The van der Waals surface area contributed by atoms with E-state index in [0.717, 1.165) is 22.0 Å². The average Bonchev–Trinajstić information content (AvgIpc) is 2.86. The van der Waals surface area contributed by atoms with E-state index in [1.165, 1.54) is 0 Å². The van der Waals surface area contributed by atoms with E-state index in [9.17, 15) is 0 Å². The van der Waals surface area contributed by atoms with Crippen molar-refractivity contribution in [2.45, 2.75) is 6.04 Å². The molecule has 1 unspecified atom stereocenters. The number of hydrogen-bond acceptors (Lipinski definition) is 3. The van der Waals surface area contributed by atoms with Gasteiger partial charge >= 0.3 is 0 Å². The minimum Gasteiger partial charge on any atom is -0.398 e. The molecule has 0 saturated heterocycles. The summed E-state index contributed by atoms with van der Waals surface area (Å²) >= 11 is 5.95. The molecule has 20 heavy (non-hydrogen) atoms. The van der Waals surface area contributed by atoms with Crippen LogP contribution in [-0.2, 0) is 0 Å². The molecule has 0 aliphatic heterocycles. The highest BCUT2D eigenvalue weighted by Gasteiger charge is 2.18. The van der Waals surface area contributed by atoms with Crippen molar-refractivity contribution in [3.05, 3.63) is 64.8 Å². The minimum absolute atomic E-state index is 0.191. The van der Waals surface area contributed by atoms with Crippen LogP contribution in [0.3, 0.4) is 0 Å². The van der Waals surface area contributed by atoms with Crippen molar-refractivity contribution in [2.24, 2.45) is 5.84 Å². The number of aromatic amines is 1. The van der Waals surface area contributed by atoms with Crippen molar-refractivity contribution in [1.82, 2.24) is 10.4 Å². The fraction of sp³-hybridized carbons (Fsp3) is 0.0667. The number of halogens is 1. The summed E-state index contributed by atoms with van der Waals surface area (Å²) in [7, 11) is 0. The third-order valence-corrected chi connectivity index (χ3v) is 3.69. The fourth-order valence-electron chi connectivity index (χ4n) is 2.49. The summed E-state index contributed by atoms with van der Waals surface area (Å²) in [6.45, 7) is 0. The Balaban J connectivity index is 2.14. The Hall–Kier alpha value is -2.01. The molecule has 6 N–H and O–H groups in total. The number of benzene rings is 2. The van der Waals surface area contributed by atoms with Gasteiger partial charge in [-0.1, -0.05) is 35.9 Å². The van der Waals surface area contributed by atoms with Gasteiger partial charge in [-0.3, -0.25) is 5.84 Å². The second kappa shape index (κ2) is 5.17. The number of aromatic nitrogens is 1. The van der Waals surface area contributed by atoms with Crippen LogP contribution in [0.15, 0.2) is 48.7 Å². The van der Waals surface area contributed by atoms with Crippen molar-refractivity contribution in [2.75, 3.05) is 5.73 Å². The quantitative estimate of drug-likeness (QED) is 0.339. The molecule has 5 heteroatoms. The predicted octanol–water partition coefficient (Wildman–Crippen LogP) is 2.96. The standard InChI is InChI=1S/C15H15ClN4/c16-9-5-6-11(13(17)7-9)15(20-18)12-8-19-14-4-2-1-3-10(12)14/h1-8,15,19-20H,17-18H2. The third-order valence-electron chi connectivity index (χ3n) is 3.46. The van der Waals surface area contributed by atoms with E-state index in [1.807, 2.05) is 36.5 Å². The molecule has 1 heterocycles. The molecular formula is C15H15ClN4. The number of rotatable bonds is 3. The maximum Gasteiger partial charge on any atom is 0.0750 e. The predicted molar refractivity (Wildman–Crippen MR) is 83.3 cm³/mol. The highest BCUT2D eigenvalue weighted by Crippen LogP contribution is 2.32. The van der Waals surface area contributed by atoms with Gasteiger partial charge in [-0.15, -0.1) is 0 Å². The van der Waals surface area contributed by atoms with Gasteiger partial charge in [-0.2, -0.15) is 0 Å². The van der Waals surface area contributed by atoms with Gasteiger partial charge < -0.3 is 10.7 Å². The van der Waals surface area contributed by atoms with Gasteiger partial charge in [0.25, 0.3) is 0 Å². The number of hydrogen-bond donors (Lipinski definition) is 4. The van der Waals surface area contributed by atoms with Crippen LogP contribution < -0.4 is 17.0 Å². The zero-order chi connectivity index (χ0) is 14.1. The van der Waals surface area contributed by atoms with E-state index in [0.29, 0.717) is 10.7 Å². The number of fused-ring (bicyclic) bond motifs is 1. The third kappa shape index (κ3) is 2.14. The zero-order valence-corrected chi connectivity index (χ0v) is 11.5. The first-order valence-corrected chi connectivity index (χ1v) is 6.65. The summed E-state index contributed by atoms with van der Waals surface area (Å²) in [5, 5.41) is 1.73. The smallest absolute Gasteiger partial charge is 0.0750 e. The fourth-order valence-corrected chi connectivity index (χ4v) is 2.67. The Morgan fingerprint density at radius 2 is 1.90 bits per heavy atom. The highest BCUT2D eigenvalue weighted by molar-refractivity contribution is 6.30. The summed E-state index contributed by atoms with van der Waals surface area (Å²) < 4.78 is 0. The molecule has 102 valence electrons. The Morgan fingerprint density at radius 1 is 1.10 bits per heavy atom. The summed E-state index contributed by atoms with van der Waals surface area (Å²) in [6.07, 6.45) is 1.95. The van der Waals surface area contributed by atoms with E-state index < -0.39 is 0 Å². The normalized spacial score (nSPS) is 12.7. The second-order valence-corrected chi connectivity index (χ2v) is 5.10. The maximum absolute atomic E-state index is 6.06. The lowest BCUT2D eigenvalue weighted by molar-refractivity contribution is 0.642. The minimum atomic E-state index is -0.191. The molecule has 4 nitrogen and oxygen atoms in total. The van der Waals surface area contributed by atoms with E-state index in [-0.39, 0.29) is 6.04 Å². The lowest BCUT2D eigenvalue weighted by atomic mass is 9.97. The Bertz CT molecular complexity index is 750. The van der Waals surface area contributed by atoms with Crippen LogP contribution in [0.4, 0.5) is 5.69 Å². The number of para-hydroxylation sites is 1. The van der Waals surface area contributed by atoms with E-state index >= 15 is 0 Å². The molecule has 0 radical (unpaired) electrons. The van der Waals surface area contributed by atoms with Crippen LogP contribution in [0.1, 0.15) is 17.2 Å². The molecule has 0 bridgehead atoms. The first kappa shape index (κ1) is 13.0. The number of nitrogen functional groups attached to an aromatic ring is 1. The summed E-state index contributed by atoms with van der Waals surface area (Å²) in [4.78, 5) is 3.24. The van der Waals surface area contributed by atoms with Crippen LogP contribution in [0.2, 0.25) is 5.02 Å². The van der Waals surface area contributed by atoms with Crippen LogP contribution >= 0.6 is 11.6 Å². The summed E-state index contributed by atoms with van der Waals surface area (Å²) in [5.74, 6) is 5.74. The first-order chi connectivity index (χ1) is 9.70. The van der Waals surface area contributed by atoms with Crippen molar-refractivity contribution in [3.63, 3.8) is 0 Å². The lowest BCUT2D eigenvalue weighted by Crippen LogP contribution is -2.29. The van der Waals surface area contributed by atoms with Crippen molar-refractivity contribution in [3.8, 4) is 0 Å². The second-order valence-electron chi connectivity index (χ2n) is 4.66. The van der Waals surface area contributed by atoms with E-state index in [4.69, 9.17) is 23.2 Å². The van der Waals surface area contributed by atoms with Gasteiger partial charge in [0.05, 0.1) is 6.04 Å². The van der Waals surface area contributed by atoms with Gasteiger partial charge in [0, 0.05) is 33.4 Å². The monoisotopic (exact) mass is 286 g/mol. The van der Waals surface area contributed by atoms with Crippen LogP contribution in [0, 0.1) is 0 Å². The summed E-state index contributed by atoms with van der Waals surface area (Å²) in [5.41, 5.74) is 12.5. The van der Waals surface area contributed by atoms with Crippen molar-refractivity contribution >= 4 is 28.2 Å². The van der Waals surface area contributed by atoms with Gasteiger partial charge in [0.2, 0.25) is 0 Å². The molecule has 0 fully saturated rings. The number of hydrazine groups is 1. The molecule has 3 rings (SSSR count). The highest BCUT2D eigenvalue weighted by atomic mass is 35.5. The maximum atomic E-state index is 6.06. The Labute approximate surface area is 121 Å². The zero-order valence-electron chi connectivity index (χ0n) is 10.7. The number of anilines is 1. The van der Waals surface area contributed by atoms with E-state index in [2.05, 4.69) is 16.5 Å². The molecule has 0 saturated carbocycles. The molecule has 0 aliphatic rings. The van der Waals surface area contributed by atoms with Gasteiger partial charge in [0.1, 0.15) is 0 Å². The number of nitrogens with two attached hydrogens (primary N) is 2. The van der Waals surface area contributed by atoms with Crippen molar-refractivity contribution < 1.29 is 0 Å².